The van der Waals surface area contributed by atoms with Crippen molar-refractivity contribution < 1.29 is 4.79 Å². The highest BCUT2D eigenvalue weighted by molar-refractivity contribution is 5.93. The Hall–Kier alpha value is -2.10. The van der Waals surface area contributed by atoms with E-state index in [2.05, 4.69) is 22.5 Å². The number of pyridine rings is 1. The van der Waals surface area contributed by atoms with E-state index in [-0.39, 0.29) is 12.5 Å². The van der Waals surface area contributed by atoms with Gasteiger partial charge in [0.1, 0.15) is 0 Å². The van der Waals surface area contributed by atoms with Gasteiger partial charge in [0, 0.05) is 23.3 Å². The number of nitrogens with zero attached hydrogens (tertiary/aromatic N) is 1. The first-order valence-corrected chi connectivity index (χ1v) is 6.63. The van der Waals surface area contributed by atoms with Gasteiger partial charge in [0.15, 0.2) is 0 Å². The molecule has 0 saturated carbocycles. The topological polar surface area (TPSA) is 54.0 Å². The van der Waals surface area contributed by atoms with Crippen LogP contribution in [0.25, 0.3) is 10.9 Å². The summed E-state index contributed by atoms with van der Waals surface area (Å²) >= 11 is 0. The van der Waals surface area contributed by atoms with Crippen molar-refractivity contribution in [3.63, 3.8) is 0 Å². The SMILES string of the molecule is CCNC(=O)CNc1cc(CC)nc2ccccc12. The Morgan fingerprint density at radius 1 is 1.26 bits per heavy atom. The van der Waals surface area contributed by atoms with Crippen LogP contribution >= 0.6 is 0 Å². The van der Waals surface area contributed by atoms with E-state index in [9.17, 15) is 4.79 Å². The third kappa shape index (κ3) is 3.22. The average Bonchev–Trinajstić information content (AvgIpc) is 2.44. The van der Waals surface area contributed by atoms with Crippen molar-refractivity contribution in [2.75, 3.05) is 18.4 Å². The summed E-state index contributed by atoms with van der Waals surface area (Å²) in [6.07, 6.45) is 0.876. The summed E-state index contributed by atoms with van der Waals surface area (Å²) in [7, 11) is 0. The smallest absolute Gasteiger partial charge is 0.239 e. The zero-order chi connectivity index (χ0) is 13.7. The molecule has 0 aliphatic heterocycles. The van der Waals surface area contributed by atoms with Crippen LogP contribution in [0.4, 0.5) is 5.69 Å². The molecule has 0 bridgehead atoms. The molecule has 0 fully saturated rings. The van der Waals surface area contributed by atoms with E-state index in [0.29, 0.717) is 6.54 Å². The van der Waals surface area contributed by atoms with Gasteiger partial charge >= 0.3 is 0 Å². The molecule has 4 heteroatoms. The number of carbonyl (C=O) groups excluding carboxylic acids is 1. The lowest BCUT2D eigenvalue weighted by atomic mass is 10.1. The first-order chi connectivity index (χ1) is 9.24. The molecule has 0 unspecified atom stereocenters. The molecule has 4 nitrogen and oxygen atoms in total. The fourth-order valence-electron chi connectivity index (χ4n) is 1.99. The molecule has 1 aromatic heterocycles. The number of likely N-dealkylation sites (N-methyl/N-ethyl adjacent to an activating group) is 1. The van der Waals surface area contributed by atoms with Gasteiger partial charge in [-0.15, -0.1) is 0 Å². The summed E-state index contributed by atoms with van der Waals surface area (Å²) in [4.78, 5) is 16.1. The van der Waals surface area contributed by atoms with E-state index < -0.39 is 0 Å². The second-order valence-electron chi connectivity index (χ2n) is 4.34. The van der Waals surface area contributed by atoms with Crippen molar-refractivity contribution in [2.24, 2.45) is 0 Å². The maximum absolute atomic E-state index is 11.5. The third-order valence-electron chi connectivity index (χ3n) is 2.94. The lowest BCUT2D eigenvalue weighted by molar-refractivity contribution is -0.119. The molecular formula is C15H19N3O. The van der Waals surface area contributed by atoms with Gasteiger partial charge in [-0.25, -0.2) is 0 Å². The van der Waals surface area contributed by atoms with Crippen molar-refractivity contribution in [2.45, 2.75) is 20.3 Å². The number of benzene rings is 1. The molecule has 0 aliphatic rings. The number of amides is 1. The summed E-state index contributed by atoms with van der Waals surface area (Å²) in [6.45, 7) is 4.92. The van der Waals surface area contributed by atoms with Crippen molar-refractivity contribution in [1.29, 1.82) is 0 Å². The Labute approximate surface area is 113 Å². The number of hydrogen-bond donors (Lipinski definition) is 2. The van der Waals surface area contributed by atoms with Crippen molar-refractivity contribution in [3.05, 3.63) is 36.0 Å². The molecule has 0 spiro atoms. The second-order valence-corrected chi connectivity index (χ2v) is 4.34. The number of aryl methyl sites for hydroxylation is 1. The van der Waals surface area contributed by atoms with Crippen molar-refractivity contribution in [1.82, 2.24) is 10.3 Å². The summed E-state index contributed by atoms with van der Waals surface area (Å²) in [5.74, 6) is 0.00134. The van der Waals surface area contributed by atoms with E-state index in [0.717, 1.165) is 28.7 Å². The van der Waals surface area contributed by atoms with Crippen LogP contribution in [0.1, 0.15) is 19.5 Å². The maximum atomic E-state index is 11.5. The molecule has 2 rings (SSSR count). The third-order valence-corrected chi connectivity index (χ3v) is 2.94. The zero-order valence-electron chi connectivity index (χ0n) is 11.4. The van der Waals surface area contributed by atoms with Crippen LogP contribution in [0.3, 0.4) is 0 Å². The highest BCUT2D eigenvalue weighted by Gasteiger charge is 2.06. The summed E-state index contributed by atoms with van der Waals surface area (Å²) in [5, 5.41) is 7.02. The van der Waals surface area contributed by atoms with Crippen LogP contribution in [-0.4, -0.2) is 24.0 Å². The molecule has 100 valence electrons. The standard InChI is InChI=1S/C15H19N3O/c1-3-11-9-14(17-10-15(19)16-4-2)12-7-5-6-8-13(12)18-11/h5-9H,3-4,10H2,1-2H3,(H,16,19)(H,17,18). The molecule has 0 atom stereocenters. The molecule has 0 saturated heterocycles. The minimum absolute atomic E-state index is 0.00134. The lowest BCUT2D eigenvalue weighted by Crippen LogP contribution is -2.29. The Bertz CT molecular complexity index is 581. The van der Waals surface area contributed by atoms with Crippen molar-refractivity contribution in [3.8, 4) is 0 Å². The predicted molar refractivity (Wildman–Crippen MR) is 78.3 cm³/mol. The molecule has 0 radical (unpaired) electrons. The Morgan fingerprint density at radius 3 is 2.79 bits per heavy atom. The Morgan fingerprint density at radius 2 is 2.05 bits per heavy atom. The van der Waals surface area contributed by atoms with E-state index in [1.54, 1.807) is 0 Å². The van der Waals surface area contributed by atoms with Gasteiger partial charge < -0.3 is 10.6 Å². The number of carbonyl (C=O) groups is 1. The first-order valence-electron chi connectivity index (χ1n) is 6.63. The van der Waals surface area contributed by atoms with Crippen LogP contribution in [-0.2, 0) is 11.2 Å². The number of rotatable bonds is 5. The van der Waals surface area contributed by atoms with Crippen LogP contribution < -0.4 is 10.6 Å². The number of aromatic nitrogens is 1. The normalized spacial score (nSPS) is 10.4. The number of para-hydroxylation sites is 1. The van der Waals surface area contributed by atoms with Gasteiger partial charge in [-0.3, -0.25) is 9.78 Å². The molecule has 1 amide bonds. The van der Waals surface area contributed by atoms with Crippen LogP contribution in [0, 0.1) is 0 Å². The van der Waals surface area contributed by atoms with Gasteiger partial charge in [0.2, 0.25) is 5.91 Å². The summed E-state index contributed by atoms with van der Waals surface area (Å²) in [5.41, 5.74) is 2.95. The fourth-order valence-corrected chi connectivity index (χ4v) is 1.99. The van der Waals surface area contributed by atoms with Gasteiger partial charge in [-0.2, -0.15) is 0 Å². The number of nitrogens with one attached hydrogen (secondary N) is 2. The molecule has 1 aromatic carbocycles. The molecule has 1 heterocycles. The minimum Gasteiger partial charge on any atom is -0.376 e. The highest BCUT2D eigenvalue weighted by atomic mass is 16.1. The number of fused-ring (bicyclic) bond motifs is 1. The van der Waals surface area contributed by atoms with Crippen molar-refractivity contribution >= 4 is 22.5 Å². The predicted octanol–water partition coefficient (Wildman–Crippen LogP) is 2.35. The first kappa shape index (κ1) is 13.3. The molecule has 19 heavy (non-hydrogen) atoms. The van der Waals surface area contributed by atoms with Gasteiger partial charge in [-0.05, 0) is 25.5 Å². The van der Waals surface area contributed by atoms with E-state index in [4.69, 9.17) is 0 Å². The quantitative estimate of drug-likeness (QED) is 0.864. The second kappa shape index (κ2) is 6.18. The molecular weight excluding hydrogens is 238 g/mol. The summed E-state index contributed by atoms with van der Waals surface area (Å²) in [6, 6.07) is 9.98. The fraction of sp³-hybridized carbons (Fsp3) is 0.333. The monoisotopic (exact) mass is 257 g/mol. The Kier molecular flexibility index (Phi) is 4.34. The highest BCUT2D eigenvalue weighted by Crippen LogP contribution is 2.23. The molecule has 0 aliphatic carbocycles. The lowest BCUT2D eigenvalue weighted by Gasteiger charge is -2.11. The minimum atomic E-state index is 0.00134. The number of hydrogen-bond acceptors (Lipinski definition) is 3. The largest absolute Gasteiger partial charge is 0.376 e. The van der Waals surface area contributed by atoms with Gasteiger partial charge in [-0.1, -0.05) is 25.1 Å². The van der Waals surface area contributed by atoms with E-state index in [1.165, 1.54) is 0 Å². The average molecular weight is 257 g/mol. The van der Waals surface area contributed by atoms with Gasteiger partial charge in [0.05, 0.1) is 12.1 Å². The Balaban J connectivity index is 2.27. The van der Waals surface area contributed by atoms with E-state index in [1.807, 2.05) is 37.3 Å². The maximum Gasteiger partial charge on any atom is 0.239 e. The molecule has 2 aromatic rings. The molecule has 2 N–H and O–H groups in total. The van der Waals surface area contributed by atoms with Crippen LogP contribution in [0.5, 0.6) is 0 Å². The van der Waals surface area contributed by atoms with Crippen LogP contribution in [0.15, 0.2) is 30.3 Å². The number of anilines is 1. The summed E-state index contributed by atoms with van der Waals surface area (Å²) < 4.78 is 0. The zero-order valence-corrected chi connectivity index (χ0v) is 11.4. The van der Waals surface area contributed by atoms with E-state index >= 15 is 0 Å². The van der Waals surface area contributed by atoms with Gasteiger partial charge in [0.25, 0.3) is 0 Å². The van der Waals surface area contributed by atoms with Crippen LogP contribution in [0.2, 0.25) is 0 Å².